The maximum atomic E-state index is 5.28. The van der Waals surface area contributed by atoms with Crippen LogP contribution in [0.3, 0.4) is 0 Å². The molecular formula is C7H11NO. The van der Waals surface area contributed by atoms with Crippen molar-refractivity contribution in [1.29, 1.82) is 0 Å². The second kappa shape index (κ2) is 3.41. The molecule has 0 fully saturated rings. The molecule has 0 N–H and O–H groups in total. The summed E-state index contributed by atoms with van der Waals surface area (Å²) in [5, 5.41) is 0. The Kier molecular flexibility index (Phi) is 2.46. The van der Waals surface area contributed by atoms with Crippen LogP contribution in [0.15, 0.2) is 17.1 Å². The summed E-state index contributed by atoms with van der Waals surface area (Å²) in [6, 6.07) is 0. The van der Waals surface area contributed by atoms with Gasteiger partial charge >= 0.3 is 0 Å². The minimum atomic E-state index is 0.222. The Morgan fingerprint density at radius 1 is 1.78 bits per heavy atom. The summed E-state index contributed by atoms with van der Waals surface area (Å²) in [5.41, 5.74) is 0. The minimum Gasteiger partial charge on any atom is -0.372 e. The lowest BCUT2D eigenvalue weighted by atomic mass is 10.3. The number of nitrogens with zero attached hydrogens (tertiary/aromatic N) is 1. The maximum absolute atomic E-state index is 5.28. The molecule has 0 saturated heterocycles. The van der Waals surface area contributed by atoms with Crippen LogP contribution in [0.5, 0.6) is 0 Å². The van der Waals surface area contributed by atoms with E-state index in [0.29, 0.717) is 0 Å². The van der Waals surface area contributed by atoms with Crippen molar-refractivity contribution in [2.24, 2.45) is 4.99 Å². The molecule has 0 spiro atoms. The van der Waals surface area contributed by atoms with Crippen molar-refractivity contribution in [3.63, 3.8) is 0 Å². The van der Waals surface area contributed by atoms with Crippen molar-refractivity contribution >= 4 is 6.21 Å². The van der Waals surface area contributed by atoms with Crippen molar-refractivity contribution in [2.75, 3.05) is 13.2 Å². The molecule has 2 heteroatoms. The first-order chi connectivity index (χ1) is 4.43. The van der Waals surface area contributed by atoms with Crippen LogP contribution in [0, 0.1) is 0 Å². The Balaban J connectivity index is 2.28. The van der Waals surface area contributed by atoms with Gasteiger partial charge in [0.2, 0.25) is 0 Å². The zero-order valence-corrected chi connectivity index (χ0v) is 5.58. The van der Waals surface area contributed by atoms with Gasteiger partial charge < -0.3 is 4.74 Å². The van der Waals surface area contributed by atoms with Crippen LogP contribution in [-0.2, 0) is 4.74 Å². The molecule has 1 rings (SSSR count). The standard InChI is InChI=1S/C7H11NO/c1-2-9-7-4-3-5-8-6-7/h3-5,7H,2,6H2,1H3. The summed E-state index contributed by atoms with van der Waals surface area (Å²) in [6.45, 7) is 3.54. The van der Waals surface area contributed by atoms with E-state index < -0.39 is 0 Å². The van der Waals surface area contributed by atoms with Crippen molar-refractivity contribution < 1.29 is 4.74 Å². The van der Waals surface area contributed by atoms with E-state index in [9.17, 15) is 0 Å². The van der Waals surface area contributed by atoms with Crippen LogP contribution in [0.2, 0.25) is 0 Å². The van der Waals surface area contributed by atoms with Crippen molar-refractivity contribution in [1.82, 2.24) is 0 Å². The molecule has 0 saturated carbocycles. The molecule has 1 unspecified atom stereocenters. The fraction of sp³-hybridized carbons (Fsp3) is 0.571. The van der Waals surface area contributed by atoms with Crippen molar-refractivity contribution in [3.05, 3.63) is 12.2 Å². The highest BCUT2D eigenvalue weighted by Gasteiger charge is 2.02. The van der Waals surface area contributed by atoms with E-state index in [0.717, 1.165) is 13.2 Å². The largest absolute Gasteiger partial charge is 0.372 e. The zero-order valence-electron chi connectivity index (χ0n) is 5.58. The number of allylic oxidation sites excluding steroid dienone is 1. The predicted octanol–water partition coefficient (Wildman–Crippen LogP) is 1.03. The molecule has 0 bridgehead atoms. The van der Waals surface area contributed by atoms with Crippen LogP contribution < -0.4 is 0 Å². The number of hydrogen-bond acceptors (Lipinski definition) is 2. The molecule has 0 aromatic carbocycles. The smallest absolute Gasteiger partial charge is 0.0954 e. The highest BCUT2D eigenvalue weighted by atomic mass is 16.5. The Bertz CT molecular complexity index is 129. The first-order valence-electron chi connectivity index (χ1n) is 3.21. The van der Waals surface area contributed by atoms with Gasteiger partial charge in [-0.15, -0.1) is 0 Å². The molecule has 0 amide bonds. The Morgan fingerprint density at radius 2 is 2.67 bits per heavy atom. The average Bonchev–Trinajstić information content (AvgIpc) is 1.91. The molecule has 1 heterocycles. The lowest BCUT2D eigenvalue weighted by molar-refractivity contribution is 0.102. The van der Waals surface area contributed by atoms with Crippen molar-refractivity contribution in [2.45, 2.75) is 13.0 Å². The van der Waals surface area contributed by atoms with Crippen LogP contribution in [0.4, 0.5) is 0 Å². The number of rotatable bonds is 2. The minimum absolute atomic E-state index is 0.222. The van der Waals surface area contributed by atoms with Gasteiger partial charge in [0.1, 0.15) is 0 Å². The van der Waals surface area contributed by atoms with E-state index in [4.69, 9.17) is 4.74 Å². The summed E-state index contributed by atoms with van der Waals surface area (Å²) in [6.07, 6.45) is 5.97. The van der Waals surface area contributed by atoms with E-state index in [1.165, 1.54) is 0 Å². The molecule has 0 radical (unpaired) electrons. The van der Waals surface area contributed by atoms with E-state index in [-0.39, 0.29) is 6.10 Å². The SMILES string of the molecule is CCOC1C=CC=NC1. The number of ether oxygens (including phenoxy) is 1. The van der Waals surface area contributed by atoms with E-state index >= 15 is 0 Å². The van der Waals surface area contributed by atoms with Crippen LogP contribution in [0.1, 0.15) is 6.92 Å². The van der Waals surface area contributed by atoms with Gasteiger partial charge in [0.05, 0.1) is 12.6 Å². The fourth-order valence-electron chi connectivity index (χ4n) is 0.782. The molecular weight excluding hydrogens is 114 g/mol. The highest BCUT2D eigenvalue weighted by molar-refractivity contribution is 5.72. The first-order valence-corrected chi connectivity index (χ1v) is 3.21. The average molecular weight is 125 g/mol. The molecule has 1 atom stereocenters. The topological polar surface area (TPSA) is 21.6 Å². The molecule has 2 nitrogen and oxygen atoms in total. The van der Waals surface area contributed by atoms with Crippen LogP contribution in [-0.4, -0.2) is 25.5 Å². The third kappa shape index (κ3) is 1.98. The predicted molar refractivity (Wildman–Crippen MR) is 37.9 cm³/mol. The molecule has 9 heavy (non-hydrogen) atoms. The Hall–Kier alpha value is -0.630. The summed E-state index contributed by atoms with van der Waals surface area (Å²) in [5.74, 6) is 0. The number of hydrogen-bond donors (Lipinski definition) is 0. The fourth-order valence-corrected chi connectivity index (χ4v) is 0.782. The number of dihydropyridines is 1. The third-order valence-electron chi connectivity index (χ3n) is 1.18. The molecule has 50 valence electrons. The molecule has 0 aliphatic carbocycles. The van der Waals surface area contributed by atoms with Gasteiger partial charge in [-0.25, -0.2) is 0 Å². The third-order valence-corrected chi connectivity index (χ3v) is 1.18. The second-order valence-electron chi connectivity index (χ2n) is 1.89. The van der Waals surface area contributed by atoms with E-state index in [1.54, 1.807) is 6.21 Å². The maximum Gasteiger partial charge on any atom is 0.0954 e. The van der Waals surface area contributed by atoms with Gasteiger partial charge in [0.15, 0.2) is 0 Å². The quantitative estimate of drug-likeness (QED) is 0.540. The van der Waals surface area contributed by atoms with Gasteiger partial charge in [-0.05, 0) is 13.0 Å². The van der Waals surface area contributed by atoms with Crippen LogP contribution >= 0.6 is 0 Å². The summed E-state index contributed by atoms with van der Waals surface area (Å²) in [7, 11) is 0. The Labute approximate surface area is 55.2 Å². The van der Waals surface area contributed by atoms with Crippen molar-refractivity contribution in [3.8, 4) is 0 Å². The molecule has 0 aromatic rings. The molecule has 1 aliphatic rings. The van der Waals surface area contributed by atoms with Gasteiger partial charge in [0.25, 0.3) is 0 Å². The monoisotopic (exact) mass is 125 g/mol. The summed E-state index contributed by atoms with van der Waals surface area (Å²) < 4.78 is 5.28. The highest BCUT2D eigenvalue weighted by Crippen LogP contribution is 1.97. The number of aliphatic imine (C=N–C) groups is 1. The molecule has 1 aliphatic heterocycles. The zero-order chi connectivity index (χ0) is 6.53. The van der Waals surface area contributed by atoms with Gasteiger partial charge in [-0.1, -0.05) is 6.08 Å². The normalized spacial score (nSPS) is 24.8. The Morgan fingerprint density at radius 3 is 3.22 bits per heavy atom. The summed E-state index contributed by atoms with van der Waals surface area (Å²) >= 11 is 0. The first kappa shape index (κ1) is 6.49. The molecule has 0 aromatic heterocycles. The lowest BCUT2D eigenvalue weighted by Crippen LogP contribution is -2.15. The lowest BCUT2D eigenvalue weighted by Gasteiger charge is -2.11. The van der Waals surface area contributed by atoms with E-state index in [1.807, 2.05) is 19.1 Å². The van der Waals surface area contributed by atoms with Gasteiger partial charge in [0, 0.05) is 12.8 Å². The van der Waals surface area contributed by atoms with Crippen LogP contribution in [0.25, 0.3) is 0 Å². The van der Waals surface area contributed by atoms with Gasteiger partial charge in [-0.2, -0.15) is 0 Å². The van der Waals surface area contributed by atoms with Gasteiger partial charge in [-0.3, -0.25) is 4.99 Å². The van der Waals surface area contributed by atoms with E-state index in [2.05, 4.69) is 4.99 Å². The summed E-state index contributed by atoms with van der Waals surface area (Å²) in [4.78, 5) is 4.04. The second-order valence-corrected chi connectivity index (χ2v) is 1.89.